The molecule has 1 aromatic heterocycles. The average molecular weight is 275 g/mol. The molecule has 0 unspecified atom stereocenters. The Kier molecular flexibility index (Phi) is 3.65. The lowest BCUT2D eigenvalue weighted by Gasteiger charge is -2.13. The fourth-order valence-electron chi connectivity index (χ4n) is 1.51. The van der Waals surface area contributed by atoms with Crippen LogP contribution in [0.2, 0.25) is 0 Å². The van der Waals surface area contributed by atoms with E-state index in [-0.39, 0.29) is 17.5 Å². The Bertz CT molecular complexity index is 645. The predicted molar refractivity (Wildman–Crippen MR) is 73.9 cm³/mol. The average Bonchev–Trinajstić information content (AvgIpc) is 2.38. The van der Waals surface area contributed by atoms with Crippen molar-refractivity contribution in [3.63, 3.8) is 0 Å². The summed E-state index contributed by atoms with van der Waals surface area (Å²) >= 11 is 0. The predicted octanol–water partition coefficient (Wildman–Crippen LogP) is 1.83. The molecule has 104 valence electrons. The van der Waals surface area contributed by atoms with Gasteiger partial charge in [0.15, 0.2) is 0 Å². The second-order valence-corrected chi connectivity index (χ2v) is 4.17. The maximum Gasteiger partial charge on any atom is 0.349 e. The van der Waals surface area contributed by atoms with Gasteiger partial charge in [-0.1, -0.05) is 6.07 Å². The molecule has 0 aliphatic carbocycles. The second-order valence-electron chi connectivity index (χ2n) is 4.17. The molecule has 2 N–H and O–H groups in total. The van der Waals surface area contributed by atoms with E-state index in [4.69, 9.17) is 10.5 Å². The number of anilines is 2. The minimum Gasteiger partial charge on any atom is -0.433 e. The molecular weight excluding hydrogens is 262 g/mol. The molecule has 2 aromatic rings. The van der Waals surface area contributed by atoms with Gasteiger partial charge in [-0.05, 0) is 12.1 Å². The van der Waals surface area contributed by atoms with Crippen molar-refractivity contribution >= 4 is 17.3 Å². The van der Waals surface area contributed by atoms with E-state index in [0.29, 0.717) is 5.75 Å². The minimum absolute atomic E-state index is 0.0886. The lowest BCUT2D eigenvalue weighted by Crippen LogP contribution is -2.08. The molecule has 8 heteroatoms. The van der Waals surface area contributed by atoms with Gasteiger partial charge < -0.3 is 15.4 Å². The van der Waals surface area contributed by atoms with E-state index in [1.165, 1.54) is 0 Å². The molecule has 0 fully saturated rings. The van der Waals surface area contributed by atoms with Gasteiger partial charge in [0.25, 0.3) is 0 Å². The summed E-state index contributed by atoms with van der Waals surface area (Å²) in [6.07, 6.45) is 1.02. The smallest absolute Gasteiger partial charge is 0.349 e. The molecule has 0 aliphatic heterocycles. The van der Waals surface area contributed by atoms with E-state index in [2.05, 4.69) is 9.97 Å². The third-order valence-corrected chi connectivity index (χ3v) is 2.50. The number of aromatic nitrogens is 2. The molecule has 0 atom stereocenters. The molecule has 1 aromatic carbocycles. The summed E-state index contributed by atoms with van der Waals surface area (Å²) in [5, 5.41) is 10.9. The maximum atomic E-state index is 10.9. The summed E-state index contributed by atoms with van der Waals surface area (Å²) in [6, 6.07) is 7.08. The molecule has 0 saturated heterocycles. The maximum absolute atomic E-state index is 10.9. The van der Waals surface area contributed by atoms with Crippen LogP contribution in [-0.4, -0.2) is 29.0 Å². The third kappa shape index (κ3) is 2.91. The fraction of sp³-hybridized carbons (Fsp3) is 0.167. The molecule has 0 radical (unpaired) electrons. The molecule has 0 aliphatic rings. The molecule has 0 amide bonds. The number of nitrogens with zero attached hydrogens (tertiary/aromatic N) is 4. The van der Waals surface area contributed by atoms with Crippen LogP contribution in [0.5, 0.6) is 11.6 Å². The third-order valence-electron chi connectivity index (χ3n) is 2.50. The van der Waals surface area contributed by atoms with E-state index < -0.39 is 4.92 Å². The second kappa shape index (κ2) is 5.39. The van der Waals surface area contributed by atoms with Crippen molar-refractivity contribution in [3.05, 3.63) is 40.6 Å². The Labute approximate surface area is 115 Å². The highest BCUT2D eigenvalue weighted by atomic mass is 16.6. The normalized spacial score (nSPS) is 10.1. The Morgan fingerprint density at radius 1 is 1.40 bits per heavy atom. The molecular formula is C12H13N5O3. The number of rotatable bonds is 4. The largest absolute Gasteiger partial charge is 0.433 e. The Morgan fingerprint density at radius 3 is 2.80 bits per heavy atom. The van der Waals surface area contributed by atoms with E-state index in [1.54, 1.807) is 18.2 Å². The van der Waals surface area contributed by atoms with Crippen molar-refractivity contribution < 1.29 is 9.66 Å². The number of benzene rings is 1. The van der Waals surface area contributed by atoms with Crippen LogP contribution in [0.1, 0.15) is 0 Å². The van der Waals surface area contributed by atoms with Crippen LogP contribution < -0.4 is 15.4 Å². The van der Waals surface area contributed by atoms with Crippen molar-refractivity contribution in [3.8, 4) is 11.6 Å². The van der Waals surface area contributed by atoms with Crippen molar-refractivity contribution in [2.45, 2.75) is 0 Å². The highest BCUT2D eigenvalue weighted by Crippen LogP contribution is 2.30. The van der Waals surface area contributed by atoms with Crippen molar-refractivity contribution in [1.82, 2.24) is 9.97 Å². The SMILES string of the molecule is CN(C)c1cccc(Oc2nc(N)ncc2[N+](=O)[O-])c1. The van der Waals surface area contributed by atoms with Crippen LogP contribution in [0, 0.1) is 10.1 Å². The number of hydrogen-bond donors (Lipinski definition) is 1. The number of nitro groups is 1. The Balaban J connectivity index is 2.36. The first-order valence-electron chi connectivity index (χ1n) is 5.69. The van der Waals surface area contributed by atoms with E-state index in [1.807, 2.05) is 25.1 Å². The number of nitrogens with two attached hydrogens (primary N) is 1. The summed E-state index contributed by atoms with van der Waals surface area (Å²) < 4.78 is 5.44. The zero-order valence-corrected chi connectivity index (χ0v) is 11.0. The Hall–Kier alpha value is -2.90. The van der Waals surface area contributed by atoms with Gasteiger partial charge in [-0.2, -0.15) is 4.98 Å². The Morgan fingerprint density at radius 2 is 2.15 bits per heavy atom. The summed E-state index contributed by atoms with van der Waals surface area (Å²) in [5.41, 5.74) is 5.98. The van der Waals surface area contributed by atoms with Crippen LogP contribution in [0.15, 0.2) is 30.5 Å². The van der Waals surface area contributed by atoms with Crippen LogP contribution in [-0.2, 0) is 0 Å². The van der Waals surface area contributed by atoms with Crippen molar-refractivity contribution in [2.24, 2.45) is 0 Å². The molecule has 0 bridgehead atoms. The molecule has 2 rings (SSSR count). The van der Waals surface area contributed by atoms with Crippen LogP contribution in [0.3, 0.4) is 0 Å². The van der Waals surface area contributed by atoms with Crippen molar-refractivity contribution in [1.29, 1.82) is 0 Å². The monoisotopic (exact) mass is 275 g/mol. The molecule has 0 saturated carbocycles. The van der Waals surface area contributed by atoms with Crippen LogP contribution in [0.25, 0.3) is 0 Å². The highest BCUT2D eigenvalue weighted by Gasteiger charge is 2.19. The van der Waals surface area contributed by atoms with Gasteiger partial charge in [0.1, 0.15) is 11.9 Å². The first kappa shape index (κ1) is 13.5. The lowest BCUT2D eigenvalue weighted by molar-refractivity contribution is -0.386. The first-order chi connectivity index (χ1) is 9.47. The minimum atomic E-state index is -0.620. The number of nitrogen functional groups attached to an aromatic ring is 1. The van der Waals surface area contributed by atoms with Gasteiger partial charge in [0, 0.05) is 25.8 Å². The number of ether oxygens (including phenoxy) is 1. The molecule has 1 heterocycles. The van der Waals surface area contributed by atoms with E-state index in [9.17, 15) is 10.1 Å². The summed E-state index contributed by atoms with van der Waals surface area (Å²) in [4.78, 5) is 19.5. The molecule has 8 nitrogen and oxygen atoms in total. The van der Waals surface area contributed by atoms with Crippen LogP contribution in [0.4, 0.5) is 17.3 Å². The quantitative estimate of drug-likeness (QED) is 0.669. The fourth-order valence-corrected chi connectivity index (χ4v) is 1.51. The summed E-state index contributed by atoms with van der Waals surface area (Å²) in [7, 11) is 3.76. The first-order valence-corrected chi connectivity index (χ1v) is 5.69. The zero-order valence-electron chi connectivity index (χ0n) is 11.0. The van der Waals surface area contributed by atoms with Gasteiger partial charge in [-0.15, -0.1) is 0 Å². The zero-order chi connectivity index (χ0) is 14.7. The van der Waals surface area contributed by atoms with Gasteiger partial charge in [0.05, 0.1) is 4.92 Å². The van der Waals surface area contributed by atoms with Gasteiger partial charge in [0.2, 0.25) is 5.95 Å². The standard InChI is InChI=1S/C12H13N5O3/c1-16(2)8-4-3-5-9(6-8)20-11-10(17(18)19)7-14-12(13)15-11/h3-7H,1-2H3,(H2,13,14,15). The topological polar surface area (TPSA) is 107 Å². The molecule has 20 heavy (non-hydrogen) atoms. The van der Waals surface area contributed by atoms with Crippen molar-refractivity contribution in [2.75, 3.05) is 24.7 Å². The number of hydrogen-bond acceptors (Lipinski definition) is 7. The van der Waals surface area contributed by atoms with E-state index >= 15 is 0 Å². The molecule has 0 spiro atoms. The summed E-state index contributed by atoms with van der Waals surface area (Å²) in [6.45, 7) is 0. The van der Waals surface area contributed by atoms with Gasteiger partial charge in [-0.3, -0.25) is 10.1 Å². The highest BCUT2D eigenvalue weighted by molar-refractivity contribution is 5.51. The van der Waals surface area contributed by atoms with Gasteiger partial charge in [-0.25, -0.2) is 4.98 Å². The summed E-state index contributed by atoms with van der Waals surface area (Å²) in [5.74, 6) is 0.158. The van der Waals surface area contributed by atoms with Gasteiger partial charge >= 0.3 is 11.6 Å². The van der Waals surface area contributed by atoms with E-state index in [0.717, 1.165) is 11.9 Å². The van der Waals surface area contributed by atoms with Crippen LogP contribution >= 0.6 is 0 Å². The lowest BCUT2D eigenvalue weighted by atomic mass is 10.3.